The Morgan fingerprint density at radius 3 is 3.00 bits per heavy atom. The van der Waals surface area contributed by atoms with Crippen molar-refractivity contribution in [1.82, 2.24) is 0 Å². The summed E-state index contributed by atoms with van der Waals surface area (Å²) in [6, 6.07) is 3.31. The summed E-state index contributed by atoms with van der Waals surface area (Å²) in [5, 5.41) is 0.584. The van der Waals surface area contributed by atoms with Crippen LogP contribution in [-0.2, 0) is 0 Å². The average Bonchev–Trinajstić information content (AvgIpc) is 2.31. The second kappa shape index (κ2) is 2.54. The predicted octanol–water partition coefficient (Wildman–Crippen LogP) is 1.31. The lowest BCUT2D eigenvalue weighted by Crippen LogP contribution is -2.12. The third-order valence-electron chi connectivity index (χ3n) is 1.93. The third-order valence-corrected chi connectivity index (χ3v) is 2.15. The van der Waals surface area contributed by atoms with Crippen LogP contribution in [0.1, 0.15) is 11.6 Å². The van der Waals surface area contributed by atoms with Gasteiger partial charge in [-0.25, -0.2) is 0 Å². The van der Waals surface area contributed by atoms with Crippen LogP contribution < -0.4 is 16.2 Å². The Hall–Kier alpha value is -0.930. The molecule has 0 spiro atoms. The fourth-order valence-corrected chi connectivity index (χ4v) is 1.61. The number of halogens is 1. The molecular formula is C8H9ClN2O. The molecule has 1 aromatic rings. The minimum absolute atomic E-state index is 0.114. The molecule has 0 aromatic heterocycles. The van der Waals surface area contributed by atoms with Crippen LogP contribution in [0.4, 0.5) is 5.69 Å². The molecular weight excluding hydrogens is 176 g/mol. The SMILES string of the molecule is Nc1cc(Cl)cc2c1[C@H](N)CO2. The molecule has 0 saturated carbocycles. The van der Waals surface area contributed by atoms with Gasteiger partial charge >= 0.3 is 0 Å². The molecule has 0 fully saturated rings. The van der Waals surface area contributed by atoms with Gasteiger partial charge in [0.25, 0.3) is 0 Å². The fourth-order valence-electron chi connectivity index (χ4n) is 1.39. The van der Waals surface area contributed by atoms with Crippen LogP contribution in [0.5, 0.6) is 5.75 Å². The summed E-state index contributed by atoms with van der Waals surface area (Å²) in [5.41, 5.74) is 13.0. The molecule has 0 bridgehead atoms. The minimum Gasteiger partial charge on any atom is -0.491 e. The van der Waals surface area contributed by atoms with Crippen molar-refractivity contribution < 1.29 is 4.74 Å². The number of anilines is 1. The highest BCUT2D eigenvalue weighted by atomic mass is 35.5. The van der Waals surface area contributed by atoms with Gasteiger partial charge in [-0.2, -0.15) is 0 Å². The Balaban J connectivity index is 2.60. The summed E-state index contributed by atoms with van der Waals surface area (Å²) in [7, 11) is 0. The molecule has 0 amide bonds. The summed E-state index contributed by atoms with van der Waals surface area (Å²) in [6.45, 7) is 0.486. The summed E-state index contributed by atoms with van der Waals surface area (Å²) < 4.78 is 5.28. The topological polar surface area (TPSA) is 61.3 Å². The average molecular weight is 185 g/mol. The molecule has 1 aliphatic rings. The van der Waals surface area contributed by atoms with Gasteiger partial charge in [-0.1, -0.05) is 11.6 Å². The Labute approximate surface area is 75.3 Å². The van der Waals surface area contributed by atoms with E-state index in [0.29, 0.717) is 23.1 Å². The van der Waals surface area contributed by atoms with E-state index in [0.717, 1.165) is 5.56 Å². The van der Waals surface area contributed by atoms with E-state index in [2.05, 4.69) is 0 Å². The minimum atomic E-state index is -0.114. The number of hydrogen-bond acceptors (Lipinski definition) is 3. The Morgan fingerprint density at radius 1 is 1.50 bits per heavy atom. The van der Waals surface area contributed by atoms with Crippen molar-refractivity contribution in [2.45, 2.75) is 6.04 Å². The van der Waals surface area contributed by atoms with Gasteiger partial charge < -0.3 is 16.2 Å². The second-order valence-corrected chi connectivity index (χ2v) is 3.26. The highest BCUT2D eigenvalue weighted by Crippen LogP contribution is 2.37. The van der Waals surface area contributed by atoms with Gasteiger partial charge in [0, 0.05) is 16.3 Å². The van der Waals surface area contributed by atoms with Crippen molar-refractivity contribution in [2.24, 2.45) is 5.73 Å². The molecule has 12 heavy (non-hydrogen) atoms. The Morgan fingerprint density at radius 2 is 2.25 bits per heavy atom. The largest absolute Gasteiger partial charge is 0.491 e. The van der Waals surface area contributed by atoms with Gasteiger partial charge in [0.2, 0.25) is 0 Å². The first kappa shape index (κ1) is 7.71. The van der Waals surface area contributed by atoms with Crippen LogP contribution >= 0.6 is 11.6 Å². The molecule has 0 unspecified atom stereocenters. The lowest BCUT2D eigenvalue weighted by molar-refractivity contribution is 0.333. The van der Waals surface area contributed by atoms with Crippen LogP contribution in [0.25, 0.3) is 0 Å². The zero-order valence-corrected chi connectivity index (χ0v) is 7.14. The zero-order chi connectivity index (χ0) is 8.72. The normalized spacial score (nSPS) is 20.3. The van der Waals surface area contributed by atoms with Crippen molar-refractivity contribution in [3.8, 4) is 5.75 Å². The maximum Gasteiger partial charge on any atom is 0.127 e. The monoisotopic (exact) mass is 184 g/mol. The number of benzene rings is 1. The molecule has 2 rings (SSSR count). The quantitative estimate of drug-likeness (QED) is 0.598. The van der Waals surface area contributed by atoms with E-state index in [9.17, 15) is 0 Å². The predicted molar refractivity (Wildman–Crippen MR) is 48.3 cm³/mol. The molecule has 0 saturated heterocycles. The van der Waals surface area contributed by atoms with Crippen molar-refractivity contribution >= 4 is 17.3 Å². The first-order valence-electron chi connectivity index (χ1n) is 3.66. The molecule has 3 nitrogen and oxygen atoms in total. The van der Waals surface area contributed by atoms with E-state index in [-0.39, 0.29) is 6.04 Å². The van der Waals surface area contributed by atoms with Crippen LogP contribution in [0.2, 0.25) is 5.02 Å². The van der Waals surface area contributed by atoms with Crippen LogP contribution in [-0.4, -0.2) is 6.61 Å². The van der Waals surface area contributed by atoms with E-state index < -0.39 is 0 Å². The summed E-state index contributed by atoms with van der Waals surface area (Å²) in [4.78, 5) is 0. The summed E-state index contributed by atoms with van der Waals surface area (Å²) >= 11 is 5.78. The van der Waals surface area contributed by atoms with Crippen molar-refractivity contribution in [3.63, 3.8) is 0 Å². The van der Waals surface area contributed by atoms with Crippen LogP contribution in [0.15, 0.2) is 12.1 Å². The summed E-state index contributed by atoms with van der Waals surface area (Å²) in [6.07, 6.45) is 0. The maximum atomic E-state index is 5.78. The number of fused-ring (bicyclic) bond motifs is 1. The van der Waals surface area contributed by atoms with E-state index >= 15 is 0 Å². The van der Waals surface area contributed by atoms with Gasteiger partial charge in [-0.3, -0.25) is 0 Å². The number of hydrogen-bond donors (Lipinski definition) is 2. The maximum absolute atomic E-state index is 5.78. The lowest BCUT2D eigenvalue weighted by atomic mass is 10.1. The second-order valence-electron chi connectivity index (χ2n) is 2.82. The molecule has 1 aromatic carbocycles. The van der Waals surface area contributed by atoms with Gasteiger partial charge in [-0.15, -0.1) is 0 Å². The molecule has 64 valence electrons. The number of ether oxygens (including phenoxy) is 1. The number of nitrogen functional groups attached to an aromatic ring is 1. The van der Waals surface area contributed by atoms with Crippen LogP contribution in [0.3, 0.4) is 0 Å². The first-order chi connectivity index (χ1) is 5.68. The van der Waals surface area contributed by atoms with E-state index in [4.69, 9.17) is 27.8 Å². The highest BCUT2D eigenvalue weighted by molar-refractivity contribution is 6.31. The van der Waals surface area contributed by atoms with E-state index in [1.165, 1.54) is 0 Å². The number of rotatable bonds is 0. The third kappa shape index (κ3) is 1.02. The molecule has 4 N–H and O–H groups in total. The van der Waals surface area contributed by atoms with E-state index in [1.807, 2.05) is 0 Å². The molecule has 1 atom stereocenters. The van der Waals surface area contributed by atoms with Gasteiger partial charge in [-0.05, 0) is 12.1 Å². The van der Waals surface area contributed by atoms with Gasteiger partial charge in [0.05, 0.1) is 6.04 Å². The molecule has 1 heterocycles. The Bertz CT molecular complexity index is 327. The molecule has 0 radical (unpaired) electrons. The first-order valence-corrected chi connectivity index (χ1v) is 4.03. The molecule has 4 heteroatoms. The van der Waals surface area contributed by atoms with Crippen molar-refractivity contribution in [1.29, 1.82) is 0 Å². The fraction of sp³-hybridized carbons (Fsp3) is 0.250. The van der Waals surface area contributed by atoms with Gasteiger partial charge in [0.1, 0.15) is 12.4 Å². The standard InChI is InChI=1S/C8H9ClN2O/c9-4-1-5(10)8-6(11)3-12-7(8)2-4/h1-2,6H,3,10-11H2/t6-/m1/s1. The lowest BCUT2D eigenvalue weighted by Gasteiger charge is -2.04. The number of nitrogens with two attached hydrogens (primary N) is 2. The zero-order valence-electron chi connectivity index (χ0n) is 6.38. The van der Waals surface area contributed by atoms with E-state index in [1.54, 1.807) is 12.1 Å². The summed E-state index contributed by atoms with van der Waals surface area (Å²) in [5.74, 6) is 0.715. The van der Waals surface area contributed by atoms with Crippen molar-refractivity contribution in [2.75, 3.05) is 12.3 Å². The smallest absolute Gasteiger partial charge is 0.127 e. The highest BCUT2D eigenvalue weighted by Gasteiger charge is 2.23. The van der Waals surface area contributed by atoms with Crippen LogP contribution in [0, 0.1) is 0 Å². The van der Waals surface area contributed by atoms with Crippen molar-refractivity contribution in [3.05, 3.63) is 22.7 Å². The molecule has 1 aliphatic heterocycles. The Kier molecular flexibility index (Phi) is 1.63. The van der Waals surface area contributed by atoms with Gasteiger partial charge in [0.15, 0.2) is 0 Å². The molecule has 0 aliphatic carbocycles.